The van der Waals surface area contributed by atoms with Crippen LogP contribution in [0, 0.1) is 0 Å². The molecule has 1 heterocycles. The Bertz CT molecular complexity index is 261. The highest BCUT2D eigenvalue weighted by Crippen LogP contribution is 2.27. The van der Waals surface area contributed by atoms with Crippen LogP contribution in [0.5, 0.6) is 0 Å². The molecule has 5 heteroatoms. The highest BCUT2D eigenvalue weighted by atomic mass is 33.5. The first-order valence-electron chi connectivity index (χ1n) is 3.17. The third kappa shape index (κ3) is 3.00. The SMILES string of the molecule is N/C(=C\SSS)c1ccncc1. The summed E-state index contributed by atoms with van der Waals surface area (Å²) in [7, 11) is 2.85. The monoisotopic (exact) mass is 216 g/mol. The first-order chi connectivity index (χ1) is 5.84. The topological polar surface area (TPSA) is 38.9 Å². The Kier molecular flexibility index (Phi) is 4.42. The number of nitrogens with two attached hydrogens (primary N) is 1. The predicted octanol–water partition coefficient (Wildman–Crippen LogP) is 2.56. The van der Waals surface area contributed by atoms with Crippen LogP contribution in [0.2, 0.25) is 0 Å². The summed E-state index contributed by atoms with van der Waals surface area (Å²) >= 11 is 3.97. The molecule has 0 amide bonds. The average molecular weight is 216 g/mol. The van der Waals surface area contributed by atoms with Gasteiger partial charge in [0.15, 0.2) is 0 Å². The van der Waals surface area contributed by atoms with Gasteiger partial charge in [-0.1, -0.05) is 22.5 Å². The second kappa shape index (κ2) is 5.40. The molecule has 0 aliphatic heterocycles. The van der Waals surface area contributed by atoms with Crippen LogP contribution in [-0.2, 0) is 0 Å². The molecule has 2 nitrogen and oxygen atoms in total. The van der Waals surface area contributed by atoms with E-state index in [1.54, 1.807) is 12.4 Å². The number of aromatic nitrogens is 1. The fourth-order valence-electron chi connectivity index (χ4n) is 0.686. The molecule has 0 saturated carbocycles. The van der Waals surface area contributed by atoms with Gasteiger partial charge in [-0.05, 0) is 22.0 Å². The summed E-state index contributed by atoms with van der Waals surface area (Å²) < 4.78 is 0. The van der Waals surface area contributed by atoms with Crippen molar-refractivity contribution in [1.29, 1.82) is 0 Å². The quantitative estimate of drug-likeness (QED) is 0.601. The van der Waals surface area contributed by atoms with Gasteiger partial charge in [0, 0.05) is 29.1 Å². The van der Waals surface area contributed by atoms with Gasteiger partial charge in [-0.3, -0.25) is 4.98 Å². The maximum absolute atomic E-state index is 5.75. The zero-order valence-corrected chi connectivity index (χ0v) is 8.70. The third-order valence-corrected chi connectivity index (χ3v) is 2.99. The van der Waals surface area contributed by atoms with Crippen LogP contribution in [0.3, 0.4) is 0 Å². The average Bonchev–Trinajstić information content (AvgIpc) is 2.15. The summed E-state index contributed by atoms with van der Waals surface area (Å²) in [5, 5.41) is 1.85. The van der Waals surface area contributed by atoms with E-state index < -0.39 is 0 Å². The van der Waals surface area contributed by atoms with Gasteiger partial charge in [0.05, 0.1) is 0 Å². The van der Waals surface area contributed by atoms with Gasteiger partial charge in [-0.15, -0.1) is 0 Å². The van der Waals surface area contributed by atoms with Crippen molar-refractivity contribution in [3.63, 3.8) is 0 Å². The zero-order chi connectivity index (χ0) is 8.81. The Morgan fingerprint density at radius 3 is 2.75 bits per heavy atom. The largest absolute Gasteiger partial charge is 0.398 e. The highest BCUT2D eigenvalue weighted by Gasteiger charge is 1.93. The van der Waals surface area contributed by atoms with Gasteiger partial charge in [-0.25, -0.2) is 0 Å². The summed E-state index contributed by atoms with van der Waals surface area (Å²) in [4.78, 5) is 3.90. The Balaban J connectivity index is 2.71. The van der Waals surface area contributed by atoms with Gasteiger partial charge >= 0.3 is 0 Å². The number of nitrogens with zero attached hydrogens (tertiary/aromatic N) is 1. The van der Waals surface area contributed by atoms with E-state index in [4.69, 9.17) is 5.73 Å². The van der Waals surface area contributed by atoms with Crippen molar-refractivity contribution in [2.75, 3.05) is 0 Å². The summed E-state index contributed by atoms with van der Waals surface area (Å²) in [5.74, 6) is 0. The van der Waals surface area contributed by atoms with E-state index in [-0.39, 0.29) is 0 Å². The first kappa shape index (κ1) is 9.83. The fourth-order valence-corrected chi connectivity index (χ4v) is 1.80. The van der Waals surface area contributed by atoms with Gasteiger partial charge < -0.3 is 5.73 Å². The van der Waals surface area contributed by atoms with E-state index >= 15 is 0 Å². The minimum Gasteiger partial charge on any atom is -0.398 e. The van der Waals surface area contributed by atoms with Crippen molar-refractivity contribution < 1.29 is 0 Å². The van der Waals surface area contributed by atoms with E-state index in [0.717, 1.165) is 11.3 Å². The molecule has 0 radical (unpaired) electrons. The maximum atomic E-state index is 5.75. The van der Waals surface area contributed by atoms with Crippen LogP contribution in [0.1, 0.15) is 5.56 Å². The molecule has 1 rings (SSSR count). The van der Waals surface area contributed by atoms with E-state index in [1.165, 1.54) is 20.6 Å². The van der Waals surface area contributed by atoms with Crippen LogP contribution < -0.4 is 5.73 Å². The lowest BCUT2D eigenvalue weighted by Crippen LogP contribution is -1.94. The van der Waals surface area contributed by atoms with Crippen molar-refractivity contribution in [2.24, 2.45) is 5.73 Å². The molecule has 12 heavy (non-hydrogen) atoms. The zero-order valence-electron chi connectivity index (χ0n) is 6.18. The molecule has 0 spiro atoms. The summed E-state index contributed by atoms with van der Waals surface area (Å²) in [5.41, 5.74) is 7.47. The van der Waals surface area contributed by atoms with Crippen molar-refractivity contribution in [3.8, 4) is 0 Å². The van der Waals surface area contributed by atoms with Crippen LogP contribution in [0.4, 0.5) is 0 Å². The normalized spacial score (nSPS) is 11.6. The smallest absolute Gasteiger partial charge is 0.0461 e. The lowest BCUT2D eigenvalue weighted by atomic mass is 10.2. The number of rotatable bonds is 3. The van der Waals surface area contributed by atoms with Crippen molar-refractivity contribution in [1.82, 2.24) is 4.98 Å². The van der Waals surface area contributed by atoms with Gasteiger partial charge in [0.25, 0.3) is 0 Å². The van der Waals surface area contributed by atoms with Crippen molar-refractivity contribution in [3.05, 3.63) is 35.5 Å². The first-order valence-corrected chi connectivity index (χ1v) is 6.44. The van der Waals surface area contributed by atoms with Crippen LogP contribution in [0.15, 0.2) is 29.9 Å². The summed E-state index contributed by atoms with van der Waals surface area (Å²) in [6.07, 6.45) is 3.43. The predicted molar refractivity (Wildman–Crippen MR) is 60.6 cm³/mol. The molecule has 0 aliphatic rings. The lowest BCUT2D eigenvalue weighted by molar-refractivity contribution is 1.31. The molecule has 0 aliphatic carbocycles. The van der Waals surface area contributed by atoms with Crippen molar-refractivity contribution in [2.45, 2.75) is 0 Å². The van der Waals surface area contributed by atoms with Crippen LogP contribution >= 0.6 is 32.3 Å². The Morgan fingerprint density at radius 2 is 2.17 bits per heavy atom. The van der Waals surface area contributed by atoms with Gasteiger partial charge in [0.2, 0.25) is 0 Å². The number of hydrogen-bond acceptors (Lipinski definition) is 5. The molecule has 0 aromatic carbocycles. The second-order valence-corrected chi connectivity index (χ2v) is 4.92. The number of thiol groups is 1. The molecule has 0 atom stereocenters. The summed E-state index contributed by atoms with van der Waals surface area (Å²) in [6.45, 7) is 0. The molecular formula is C7H8N2S3. The second-order valence-electron chi connectivity index (χ2n) is 1.98. The fraction of sp³-hybridized carbons (Fsp3) is 0. The number of hydrogen-bond donors (Lipinski definition) is 2. The molecule has 1 aromatic rings. The highest BCUT2D eigenvalue weighted by molar-refractivity contribution is 9.06. The number of pyridine rings is 1. The Hall–Kier alpha value is -0.260. The van der Waals surface area contributed by atoms with Gasteiger partial charge in [-0.2, -0.15) is 0 Å². The van der Waals surface area contributed by atoms with E-state index in [9.17, 15) is 0 Å². The molecule has 0 bridgehead atoms. The van der Waals surface area contributed by atoms with E-state index in [0.29, 0.717) is 0 Å². The molecule has 1 aromatic heterocycles. The third-order valence-electron chi connectivity index (χ3n) is 1.23. The van der Waals surface area contributed by atoms with Crippen molar-refractivity contribution >= 4 is 38.0 Å². The molecule has 2 N–H and O–H groups in total. The minimum atomic E-state index is 0.740. The Labute approximate surface area is 84.2 Å². The van der Waals surface area contributed by atoms with E-state index in [2.05, 4.69) is 16.6 Å². The Morgan fingerprint density at radius 1 is 1.50 bits per heavy atom. The lowest BCUT2D eigenvalue weighted by Gasteiger charge is -1.98. The standard InChI is InChI=1S/C7H8N2S3/c8-7(5-11-12-10)6-1-3-9-4-2-6/h1-5,10H,8H2/b7-5-. The molecule has 0 unspecified atom stereocenters. The van der Waals surface area contributed by atoms with Crippen LogP contribution in [0.25, 0.3) is 5.70 Å². The summed E-state index contributed by atoms with van der Waals surface area (Å²) in [6, 6.07) is 3.74. The molecular weight excluding hydrogens is 208 g/mol. The minimum absolute atomic E-state index is 0.740. The maximum Gasteiger partial charge on any atom is 0.0461 e. The van der Waals surface area contributed by atoms with E-state index in [1.807, 2.05) is 17.5 Å². The molecule has 0 saturated heterocycles. The molecule has 64 valence electrons. The van der Waals surface area contributed by atoms with Gasteiger partial charge in [0.1, 0.15) is 0 Å². The molecule has 0 fully saturated rings. The van der Waals surface area contributed by atoms with Crippen LogP contribution in [-0.4, -0.2) is 4.98 Å².